The van der Waals surface area contributed by atoms with E-state index in [1.54, 1.807) is 18.2 Å². The van der Waals surface area contributed by atoms with Crippen LogP contribution in [0.1, 0.15) is 13.3 Å². The van der Waals surface area contributed by atoms with Crippen molar-refractivity contribution in [2.75, 3.05) is 25.2 Å². The summed E-state index contributed by atoms with van der Waals surface area (Å²) >= 11 is 0. The molecule has 0 bridgehead atoms. The first kappa shape index (κ1) is 17.8. The zero-order valence-corrected chi connectivity index (χ0v) is 12.9. The Bertz CT molecular complexity index is 610. The molecule has 0 spiro atoms. The number of rotatable bonds is 5. The smallest absolute Gasteiger partial charge is 0.382 e. The molecule has 0 amide bonds. The molecule has 2 unspecified atom stereocenters. The Labute approximate surface area is 122 Å². The van der Waals surface area contributed by atoms with E-state index < -0.39 is 34.5 Å². The molecule has 21 heavy (non-hydrogen) atoms. The number of nitrogens with zero attached hydrogens (tertiary/aromatic N) is 1. The van der Waals surface area contributed by atoms with Gasteiger partial charge in [-0.15, -0.1) is 0 Å². The molecule has 0 saturated heterocycles. The fourth-order valence-electron chi connectivity index (χ4n) is 1.62. The maximum Gasteiger partial charge on any atom is 0.418 e. The molecule has 0 aliphatic heterocycles. The van der Waals surface area contributed by atoms with Gasteiger partial charge in [0, 0.05) is 23.9 Å². The molecule has 0 radical (unpaired) electrons. The lowest BCUT2D eigenvalue weighted by atomic mass is 10.00. The van der Waals surface area contributed by atoms with Crippen molar-refractivity contribution >= 4 is 15.4 Å². The average Bonchev–Trinajstić information content (AvgIpc) is 2.43. The number of anilines is 1. The van der Waals surface area contributed by atoms with Gasteiger partial charge < -0.3 is 10.4 Å². The minimum absolute atomic E-state index is 0.349. The lowest BCUT2D eigenvalue weighted by Crippen LogP contribution is -2.50. The maximum atomic E-state index is 12.8. The predicted molar refractivity (Wildman–Crippen MR) is 76.9 cm³/mol. The van der Waals surface area contributed by atoms with Gasteiger partial charge in [-0.3, -0.25) is 0 Å². The molecule has 4 nitrogen and oxygen atoms in total. The van der Waals surface area contributed by atoms with Crippen molar-refractivity contribution in [3.05, 3.63) is 24.3 Å². The molecule has 1 aromatic carbocycles. The third-order valence-electron chi connectivity index (χ3n) is 3.32. The van der Waals surface area contributed by atoms with Crippen molar-refractivity contribution in [1.82, 2.24) is 0 Å². The molecule has 2 atom stereocenters. The second-order valence-electron chi connectivity index (χ2n) is 4.75. The minimum Gasteiger partial charge on any atom is -0.382 e. The fraction of sp³-hybridized carbons (Fsp3) is 0.538. The van der Waals surface area contributed by atoms with Crippen LogP contribution in [0.3, 0.4) is 0 Å². The van der Waals surface area contributed by atoms with Gasteiger partial charge in [0.15, 0.2) is 5.60 Å². The van der Waals surface area contributed by atoms with Crippen molar-refractivity contribution in [3.63, 3.8) is 0 Å². The number of hydrogen-bond acceptors (Lipinski definition) is 4. The van der Waals surface area contributed by atoms with E-state index in [1.165, 1.54) is 26.3 Å². The van der Waals surface area contributed by atoms with Crippen LogP contribution in [0.5, 0.6) is 0 Å². The number of hydrogen-bond donors (Lipinski definition) is 2. The van der Waals surface area contributed by atoms with Gasteiger partial charge in [-0.2, -0.15) is 13.2 Å². The standard InChI is InChI=1S/C13H19F3N2O2S/c1-4-12(19,13(14,15)16)9-18-10-6-5-7-11(8-10)21(3,20)17-2/h5-8,18-19H,4,9H2,1-3H3. The summed E-state index contributed by atoms with van der Waals surface area (Å²) in [6.07, 6.45) is -3.73. The Morgan fingerprint density at radius 1 is 1.38 bits per heavy atom. The second-order valence-corrected chi connectivity index (χ2v) is 7.19. The average molecular weight is 324 g/mol. The van der Waals surface area contributed by atoms with Gasteiger partial charge >= 0.3 is 6.18 Å². The van der Waals surface area contributed by atoms with E-state index in [4.69, 9.17) is 0 Å². The number of aliphatic hydroxyl groups is 1. The van der Waals surface area contributed by atoms with Crippen LogP contribution in [-0.2, 0) is 9.73 Å². The van der Waals surface area contributed by atoms with E-state index >= 15 is 0 Å². The van der Waals surface area contributed by atoms with E-state index in [0.29, 0.717) is 10.6 Å². The predicted octanol–water partition coefficient (Wildman–Crippen LogP) is 2.89. The minimum atomic E-state index is -4.72. The summed E-state index contributed by atoms with van der Waals surface area (Å²) in [6, 6.07) is 6.18. The molecule has 1 rings (SSSR count). The van der Waals surface area contributed by atoms with Crippen LogP contribution in [0, 0.1) is 0 Å². The third-order valence-corrected chi connectivity index (χ3v) is 5.14. The zero-order valence-electron chi connectivity index (χ0n) is 12.1. The van der Waals surface area contributed by atoms with E-state index in [-0.39, 0.29) is 0 Å². The Morgan fingerprint density at radius 2 is 2.00 bits per heavy atom. The Balaban J connectivity index is 2.96. The number of benzene rings is 1. The van der Waals surface area contributed by atoms with Gasteiger partial charge in [0.25, 0.3) is 0 Å². The van der Waals surface area contributed by atoms with Crippen molar-refractivity contribution < 1.29 is 22.5 Å². The van der Waals surface area contributed by atoms with Crippen molar-refractivity contribution in [2.24, 2.45) is 4.36 Å². The highest BCUT2D eigenvalue weighted by Crippen LogP contribution is 2.33. The quantitative estimate of drug-likeness (QED) is 0.875. The summed E-state index contributed by atoms with van der Waals surface area (Å²) in [5.74, 6) is 0. The van der Waals surface area contributed by atoms with Gasteiger partial charge in [0.2, 0.25) is 0 Å². The zero-order chi connectivity index (χ0) is 16.3. The molecular formula is C13H19F3N2O2S. The molecular weight excluding hydrogens is 305 g/mol. The lowest BCUT2D eigenvalue weighted by molar-refractivity contribution is -0.255. The first-order valence-corrected chi connectivity index (χ1v) is 8.21. The monoisotopic (exact) mass is 324 g/mol. The summed E-state index contributed by atoms with van der Waals surface area (Å²) < 4.78 is 54.2. The van der Waals surface area contributed by atoms with Crippen LogP contribution in [0.15, 0.2) is 33.5 Å². The van der Waals surface area contributed by atoms with Crippen molar-refractivity contribution in [3.8, 4) is 0 Å². The number of nitrogens with one attached hydrogen (secondary N) is 1. The third kappa shape index (κ3) is 4.10. The van der Waals surface area contributed by atoms with Crippen LogP contribution in [0.2, 0.25) is 0 Å². The first-order chi connectivity index (χ1) is 9.55. The molecule has 0 saturated carbocycles. The first-order valence-electron chi connectivity index (χ1n) is 6.29. The van der Waals surface area contributed by atoms with Crippen LogP contribution < -0.4 is 5.32 Å². The molecule has 0 aliphatic carbocycles. The van der Waals surface area contributed by atoms with Gasteiger partial charge in [-0.25, -0.2) is 8.57 Å². The maximum absolute atomic E-state index is 12.8. The highest BCUT2D eigenvalue weighted by molar-refractivity contribution is 7.93. The Kier molecular flexibility index (Phi) is 5.27. The molecule has 0 fully saturated rings. The number of alkyl halides is 3. The van der Waals surface area contributed by atoms with Gasteiger partial charge in [0.05, 0.1) is 16.3 Å². The van der Waals surface area contributed by atoms with Crippen LogP contribution in [0.25, 0.3) is 0 Å². The molecule has 0 heterocycles. The summed E-state index contributed by atoms with van der Waals surface area (Å²) in [7, 11) is -1.14. The summed E-state index contributed by atoms with van der Waals surface area (Å²) in [5, 5.41) is 12.2. The normalized spacial score (nSPS) is 17.7. The highest BCUT2D eigenvalue weighted by atomic mass is 32.2. The molecule has 120 valence electrons. The van der Waals surface area contributed by atoms with Crippen LogP contribution in [0.4, 0.5) is 18.9 Å². The van der Waals surface area contributed by atoms with Gasteiger partial charge in [0.1, 0.15) is 0 Å². The molecule has 0 aliphatic rings. The molecule has 8 heteroatoms. The van der Waals surface area contributed by atoms with E-state index in [0.717, 1.165) is 0 Å². The molecule has 2 N–H and O–H groups in total. The topological polar surface area (TPSA) is 61.7 Å². The van der Waals surface area contributed by atoms with E-state index in [9.17, 15) is 22.5 Å². The van der Waals surface area contributed by atoms with E-state index in [1.807, 2.05) is 0 Å². The lowest BCUT2D eigenvalue weighted by Gasteiger charge is -2.29. The molecule has 0 aromatic heterocycles. The van der Waals surface area contributed by atoms with Crippen LogP contribution >= 0.6 is 0 Å². The van der Waals surface area contributed by atoms with Crippen molar-refractivity contribution in [1.29, 1.82) is 0 Å². The molecule has 1 aromatic rings. The van der Waals surface area contributed by atoms with E-state index in [2.05, 4.69) is 9.68 Å². The summed E-state index contributed by atoms with van der Waals surface area (Å²) in [6.45, 7) is 0.588. The summed E-state index contributed by atoms with van der Waals surface area (Å²) in [5.41, 5.74) is -2.45. The van der Waals surface area contributed by atoms with Gasteiger partial charge in [-0.05, 0) is 24.6 Å². The van der Waals surface area contributed by atoms with Crippen LogP contribution in [-0.4, -0.2) is 40.9 Å². The van der Waals surface area contributed by atoms with Crippen molar-refractivity contribution in [2.45, 2.75) is 30.0 Å². The largest absolute Gasteiger partial charge is 0.418 e. The Hall–Kier alpha value is -1.28. The number of halogens is 3. The highest BCUT2D eigenvalue weighted by Gasteiger charge is 2.52. The van der Waals surface area contributed by atoms with Gasteiger partial charge in [-0.1, -0.05) is 13.0 Å². The Morgan fingerprint density at radius 3 is 2.48 bits per heavy atom. The fourth-order valence-corrected chi connectivity index (χ4v) is 2.51. The second kappa shape index (κ2) is 6.23. The summed E-state index contributed by atoms with van der Waals surface area (Å²) in [4.78, 5) is 0.419. The SMILES string of the molecule is CCC(O)(CNc1cccc(S(C)(=O)=NC)c1)C(F)(F)F.